The SMILES string of the molecule is CC(=O)N(CCC(=O)NCc1ccc(C)cc1)Cc1ccc(F)cc1. The largest absolute Gasteiger partial charge is 0.352 e. The quantitative estimate of drug-likeness (QED) is 0.840. The second kappa shape index (κ2) is 8.97. The van der Waals surface area contributed by atoms with Gasteiger partial charge in [-0.05, 0) is 30.2 Å². The van der Waals surface area contributed by atoms with Crippen molar-refractivity contribution in [2.75, 3.05) is 6.54 Å². The van der Waals surface area contributed by atoms with Crippen molar-refractivity contribution >= 4 is 11.8 Å². The van der Waals surface area contributed by atoms with E-state index in [1.165, 1.54) is 24.6 Å². The fraction of sp³-hybridized carbons (Fsp3) is 0.300. The van der Waals surface area contributed by atoms with Gasteiger partial charge in [-0.15, -0.1) is 0 Å². The van der Waals surface area contributed by atoms with Gasteiger partial charge in [-0.3, -0.25) is 9.59 Å². The van der Waals surface area contributed by atoms with E-state index in [4.69, 9.17) is 0 Å². The minimum absolute atomic E-state index is 0.106. The lowest BCUT2D eigenvalue weighted by Crippen LogP contribution is -2.33. The highest BCUT2D eigenvalue weighted by molar-refractivity contribution is 5.78. The first-order chi connectivity index (χ1) is 11.9. The third-order valence-corrected chi connectivity index (χ3v) is 3.95. The number of nitrogens with one attached hydrogen (secondary N) is 1. The first kappa shape index (κ1) is 18.6. The molecule has 0 bridgehead atoms. The standard InChI is InChI=1S/C20H23FN2O2/c1-15-3-5-17(6-4-15)13-22-20(25)11-12-23(16(2)24)14-18-7-9-19(21)10-8-18/h3-10H,11-14H2,1-2H3,(H,22,25). The molecule has 0 aliphatic heterocycles. The van der Waals surface area contributed by atoms with Gasteiger partial charge in [0.2, 0.25) is 11.8 Å². The molecule has 2 rings (SSSR count). The molecule has 0 atom stereocenters. The summed E-state index contributed by atoms with van der Waals surface area (Å²) in [4.78, 5) is 25.3. The predicted octanol–water partition coefficient (Wildman–Crippen LogP) is 3.19. The number of aryl methyl sites for hydroxylation is 1. The lowest BCUT2D eigenvalue weighted by atomic mass is 10.1. The maximum Gasteiger partial charge on any atom is 0.222 e. The summed E-state index contributed by atoms with van der Waals surface area (Å²) in [6.07, 6.45) is 0.229. The molecule has 2 amide bonds. The summed E-state index contributed by atoms with van der Waals surface area (Å²) in [6.45, 7) is 4.64. The van der Waals surface area contributed by atoms with E-state index in [0.29, 0.717) is 19.6 Å². The number of rotatable bonds is 7. The summed E-state index contributed by atoms with van der Waals surface area (Å²) in [5, 5.41) is 2.86. The van der Waals surface area contributed by atoms with Crippen LogP contribution in [-0.4, -0.2) is 23.3 Å². The van der Waals surface area contributed by atoms with Crippen molar-refractivity contribution in [3.8, 4) is 0 Å². The number of hydrogen-bond acceptors (Lipinski definition) is 2. The molecule has 1 N–H and O–H groups in total. The molecule has 0 aromatic heterocycles. The summed E-state index contributed by atoms with van der Waals surface area (Å²) >= 11 is 0. The maximum atomic E-state index is 12.9. The van der Waals surface area contributed by atoms with Crippen LogP contribution in [0.4, 0.5) is 4.39 Å². The van der Waals surface area contributed by atoms with Gasteiger partial charge in [0.1, 0.15) is 5.82 Å². The van der Waals surface area contributed by atoms with Crippen molar-refractivity contribution in [3.05, 3.63) is 71.0 Å². The molecule has 0 aliphatic rings. The van der Waals surface area contributed by atoms with Crippen LogP contribution in [0, 0.1) is 12.7 Å². The molecule has 0 radical (unpaired) electrons. The number of carbonyl (C=O) groups excluding carboxylic acids is 2. The van der Waals surface area contributed by atoms with Crippen LogP contribution in [-0.2, 0) is 22.7 Å². The zero-order valence-electron chi connectivity index (χ0n) is 14.6. The molecule has 0 fully saturated rings. The van der Waals surface area contributed by atoms with Gasteiger partial charge in [0, 0.05) is 33.0 Å². The van der Waals surface area contributed by atoms with E-state index in [2.05, 4.69) is 5.32 Å². The second-order valence-electron chi connectivity index (χ2n) is 6.08. The molecule has 4 nitrogen and oxygen atoms in total. The molecule has 2 aromatic rings. The van der Waals surface area contributed by atoms with E-state index in [1.54, 1.807) is 17.0 Å². The van der Waals surface area contributed by atoms with E-state index >= 15 is 0 Å². The fourth-order valence-corrected chi connectivity index (χ4v) is 2.39. The highest BCUT2D eigenvalue weighted by Gasteiger charge is 2.12. The molecule has 2 aromatic carbocycles. The summed E-state index contributed by atoms with van der Waals surface area (Å²) in [7, 11) is 0. The highest BCUT2D eigenvalue weighted by atomic mass is 19.1. The van der Waals surface area contributed by atoms with Gasteiger partial charge in [0.15, 0.2) is 0 Å². The van der Waals surface area contributed by atoms with Gasteiger partial charge in [0.25, 0.3) is 0 Å². The van der Waals surface area contributed by atoms with Crippen LogP contribution >= 0.6 is 0 Å². The minimum atomic E-state index is -0.311. The third kappa shape index (κ3) is 6.37. The molecule has 25 heavy (non-hydrogen) atoms. The summed E-state index contributed by atoms with van der Waals surface area (Å²) in [5.74, 6) is -0.532. The zero-order valence-corrected chi connectivity index (χ0v) is 14.6. The monoisotopic (exact) mass is 342 g/mol. The van der Waals surface area contributed by atoms with Crippen LogP contribution in [0.2, 0.25) is 0 Å². The Labute approximate surface area is 147 Å². The lowest BCUT2D eigenvalue weighted by molar-refractivity contribution is -0.130. The fourth-order valence-electron chi connectivity index (χ4n) is 2.39. The zero-order chi connectivity index (χ0) is 18.2. The second-order valence-corrected chi connectivity index (χ2v) is 6.08. The molecule has 132 valence electrons. The smallest absolute Gasteiger partial charge is 0.222 e. The van der Waals surface area contributed by atoms with Crippen molar-refractivity contribution in [1.29, 1.82) is 0 Å². The highest BCUT2D eigenvalue weighted by Crippen LogP contribution is 2.08. The van der Waals surface area contributed by atoms with Crippen molar-refractivity contribution in [3.63, 3.8) is 0 Å². The number of carbonyl (C=O) groups is 2. The minimum Gasteiger partial charge on any atom is -0.352 e. The molecular formula is C20H23FN2O2. The summed E-state index contributed by atoms with van der Waals surface area (Å²) in [5.41, 5.74) is 3.04. The van der Waals surface area contributed by atoms with Gasteiger partial charge in [0.05, 0.1) is 0 Å². The van der Waals surface area contributed by atoms with Gasteiger partial charge in [-0.1, -0.05) is 42.0 Å². The Morgan fingerprint density at radius 3 is 2.20 bits per heavy atom. The van der Waals surface area contributed by atoms with E-state index in [0.717, 1.165) is 11.1 Å². The molecule has 0 unspecified atom stereocenters. The van der Waals surface area contributed by atoms with Gasteiger partial charge in [-0.2, -0.15) is 0 Å². The Balaban J connectivity index is 1.81. The molecule has 0 saturated carbocycles. The predicted molar refractivity (Wildman–Crippen MR) is 95.1 cm³/mol. The Morgan fingerprint density at radius 2 is 1.60 bits per heavy atom. The van der Waals surface area contributed by atoms with Crippen LogP contribution in [0.3, 0.4) is 0 Å². The molecule has 0 heterocycles. The lowest BCUT2D eigenvalue weighted by Gasteiger charge is -2.21. The van der Waals surface area contributed by atoms with E-state index in [9.17, 15) is 14.0 Å². The van der Waals surface area contributed by atoms with Crippen molar-refractivity contribution < 1.29 is 14.0 Å². The normalized spacial score (nSPS) is 10.4. The number of benzene rings is 2. The molecule has 5 heteroatoms. The van der Waals surface area contributed by atoms with Crippen LogP contribution in [0.1, 0.15) is 30.0 Å². The number of amides is 2. The number of halogens is 1. The topological polar surface area (TPSA) is 49.4 Å². The first-order valence-corrected chi connectivity index (χ1v) is 8.26. The van der Waals surface area contributed by atoms with E-state index < -0.39 is 0 Å². The molecule has 0 saturated heterocycles. The van der Waals surface area contributed by atoms with Gasteiger partial charge in [-0.25, -0.2) is 4.39 Å². The van der Waals surface area contributed by atoms with Crippen LogP contribution in [0.5, 0.6) is 0 Å². The third-order valence-electron chi connectivity index (χ3n) is 3.95. The Morgan fingerprint density at radius 1 is 1.00 bits per heavy atom. The number of nitrogens with zero attached hydrogens (tertiary/aromatic N) is 1. The van der Waals surface area contributed by atoms with Crippen molar-refractivity contribution in [2.45, 2.75) is 33.4 Å². The Kier molecular flexibility index (Phi) is 6.69. The van der Waals surface area contributed by atoms with Gasteiger partial charge >= 0.3 is 0 Å². The van der Waals surface area contributed by atoms with Crippen LogP contribution in [0.15, 0.2) is 48.5 Å². The first-order valence-electron chi connectivity index (χ1n) is 8.26. The average molecular weight is 342 g/mol. The Bertz CT molecular complexity index is 711. The van der Waals surface area contributed by atoms with Crippen molar-refractivity contribution in [1.82, 2.24) is 10.2 Å². The number of hydrogen-bond donors (Lipinski definition) is 1. The summed E-state index contributed by atoms with van der Waals surface area (Å²) < 4.78 is 12.9. The maximum absolute atomic E-state index is 12.9. The molecule has 0 aliphatic carbocycles. The Hall–Kier alpha value is -2.69. The van der Waals surface area contributed by atoms with Crippen LogP contribution in [0.25, 0.3) is 0 Å². The van der Waals surface area contributed by atoms with Crippen molar-refractivity contribution in [2.24, 2.45) is 0 Å². The molecular weight excluding hydrogens is 319 g/mol. The average Bonchev–Trinajstić information content (AvgIpc) is 2.59. The summed E-state index contributed by atoms with van der Waals surface area (Å²) in [6, 6.07) is 14.0. The van der Waals surface area contributed by atoms with E-state index in [1.807, 2.05) is 31.2 Å². The van der Waals surface area contributed by atoms with E-state index in [-0.39, 0.29) is 24.1 Å². The molecule has 0 spiro atoms. The van der Waals surface area contributed by atoms with Crippen LogP contribution < -0.4 is 5.32 Å². The van der Waals surface area contributed by atoms with Gasteiger partial charge < -0.3 is 10.2 Å².